The smallest absolute Gasteiger partial charge is 0.321 e. The molecule has 0 atom stereocenters. The standard InChI is InChI=1S/C14H22N2O3/c1-3-12-10-13(5-4-11(12)2)15-14(19)16(6-8-17)7-9-18/h4-5,10,17-18H,3,6-9H2,1-2H3,(H,15,19). The number of hydrogen-bond donors (Lipinski definition) is 3. The third-order valence-corrected chi connectivity index (χ3v) is 3.01. The van der Waals surface area contributed by atoms with Crippen LogP contribution in [0.2, 0.25) is 0 Å². The van der Waals surface area contributed by atoms with E-state index in [0.717, 1.165) is 12.1 Å². The molecule has 19 heavy (non-hydrogen) atoms. The predicted molar refractivity (Wildman–Crippen MR) is 75.3 cm³/mol. The van der Waals surface area contributed by atoms with Crippen LogP contribution in [0.3, 0.4) is 0 Å². The second-order valence-corrected chi connectivity index (χ2v) is 4.36. The van der Waals surface area contributed by atoms with E-state index in [1.54, 1.807) is 0 Å². The maximum absolute atomic E-state index is 12.0. The van der Waals surface area contributed by atoms with Crippen molar-refractivity contribution in [3.63, 3.8) is 0 Å². The highest BCUT2D eigenvalue weighted by molar-refractivity contribution is 5.89. The highest BCUT2D eigenvalue weighted by atomic mass is 16.3. The number of hydrogen-bond acceptors (Lipinski definition) is 3. The second-order valence-electron chi connectivity index (χ2n) is 4.36. The maximum atomic E-state index is 12.0. The molecule has 0 heterocycles. The van der Waals surface area contributed by atoms with Gasteiger partial charge < -0.3 is 20.4 Å². The number of nitrogens with one attached hydrogen (secondary N) is 1. The van der Waals surface area contributed by atoms with Crippen LogP contribution in [0, 0.1) is 6.92 Å². The van der Waals surface area contributed by atoms with Gasteiger partial charge in [-0.15, -0.1) is 0 Å². The first-order chi connectivity index (χ1) is 9.12. The van der Waals surface area contributed by atoms with E-state index < -0.39 is 0 Å². The molecule has 0 aliphatic carbocycles. The van der Waals surface area contributed by atoms with Crippen LogP contribution in [0.4, 0.5) is 10.5 Å². The van der Waals surface area contributed by atoms with E-state index in [-0.39, 0.29) is 32.3 Å². The van der Waals surface area contributed by atoms with E-state index in [0.29, 0.717) is 0 Å². The summed E-state index contributed by atoms with van der Waals surface area (Å²) in [7, 11) is 0. The van der Waals surface area contributed by atoms with Crippen molar-refractivity contribution in [1.82, 2.24) is 4.90 Å². The van der Waals surface area contributed by atoms with Crippen molar-refractivity contribution in [3.8, 4) is 0 Å². The molecule has 0 aliphatic rings. The molecule has 0 spiro atoms. The number of benzene rings is 1. The summed E-state index contributed by atoms with van der Waals surface area (Å²) in [5.74, 6) is 0. The minimum atomic E-state index is -0.311. The Morgan fingerprint density at radius 1 is 1.26 bits per heavy atom. The molecule has 0 aromatic heterocycles. The number of aliphatic hydroxyl groups is 2. The Bertz CT molecular complexity index is 415. The van der Waals surface area contributed by atoms with E-state index in [1.807, 2.05) is 25.1 Å². The number of aliphatic hydroxyl groups excluding tert-OH is 2. The number of urea groups is 1. The molecule has 3 N–H and O–H groups in total. The fourth-order valence-corrected chi connectivity index (χ4v) is 1.89. The molecule has 0 bridgehead atoms. The number of carbonyl (C=O) groups excluding carboxylic acids is 1. The molecule has 0 unspecified atom stereocenters. The summed E-state index contributed by atoms with van der Waals surface area (Å²) in [5, 5.41) is 20.6. The Morgan fingerprint density at radius 3 is 2.42 bits per heavy atom. The lowest BCUT2D eigenvalue weighted by Crippen LogP contribution is -2.38. The summed E-state index contributed by atoms with van der Waals surface area (Å²) in [6.45, 7) is 4.27. The van der Waals surface area contributed by atoms with Gasteiger partial charge in [0.25, 0.3) is 0 Å². The molecule has 1 aromatic rings. The Labute approximate surface area is 113 Å². The quantitative estimate of drug-likeness (QED) is 0.728. The Balaban J connectivity index is 2.74. The normalized spacial score (nSPS) is 10.3. The van der Waals surface area contributed by atoms with Crippen molar-refractivity contribution in [1.29, 1.82) is 0 Å². The fourth-order valence-electron chi connectivity index (χ4n) is 1.89. The molecule has 1 rings (SSSR count). The monoisotopic (exact) mass is 266 g/mol. The summed E-state index contributed by atoms with van der Waals surface area (Å²) in [4.78, 5) is 13.4. The first-order valence-corrected chi connectivity index (χ1v) is 6.49. The highest BCUT2D eigenvalue weighted by Crippen LogP contribution is 2.16. The van der Waals surface area contributed by atoms with E-state index in [2.05, 4.69) is 12.2 Å². The largest absolute Gasteiger partial charge is 0.395 e. The number of rotatable bonds is 6. The maximum Gasteiger partial charge on any atom is 0.321 e. The lowest BCUT2D eigenvalue weighted by molar-refractivity contribution is 0.167. The SMILES string of the molecule is CCc1cc(NC(=O)N(CCO)CCO)ccc1C. The van der Waals surface area contributed by atoms with Gasteiger partial charge in [-0.05, 0) is 36.6 Å². The summed E-state index contributed by atoms with van der Waals surface area (Å²) < 4.78 is 0. The molecule has 0 saturated heterocycles. The molecule has 5 heteroatoms. The van der Waals surface area contributed by atoms with Crippen molar-refractivity contribution in [2.24, 2.45) is 0 Å². The molecule has 0 fully saturated rings. The van der Waals surface area contributed by atoms with Crippen LogP contribution in [0.1, 0.15) is 18.1 Å². The van der Waals surface area contributed by atoms with Crippen LogP contribution in [0.25, 0.3) is 0 Å². The van der Waals surface area contributed by atoms with Crippen molar-refractivity contribution in [2.45, 2.75) is 20.3 Å². The van der Waals surface area contributed by atoms with Crippen molar-refractivity contribution < 1.29 is 15.0 Å². The molecule has 5 nitrogen and oxygen atoms in total. The first kappa shape index (κ1) is 15.5. The Morgan fingerprint density at radius 2 is 1.89 bits per heavy atom. The number of amides is 2. The third-order valence-electron chi connectivity index (χ3n) is 3.01. The zero-order chi connectivity index (χ0) is 14.3. The average Bonchev–Trinajstić information content (AvgIpc) is 2.40. The van der Waals surface area contributed by atoms with Crippen LogP contribution >= 0.6 is 0 Å². The molecule has 2 amide bonds. The molecule has 0 aliphatic heterocycles. The second kappa shape index (κ2) is 7.76. The van der Waals surface area contributed by atoms with Gasteiger partial charge in [-0.3, -0.25) is 0 Å². The number of anilines is 1. The molecule has 106 valence electrons. The van der Waals surface area contributed by atoms with E-state index in [1.165, 1.54) is 16.0 Å². The van der Waals surface area contributed by atoms with Crippen LogP contribution in [-0.4, -0.2) is 47.4 Å². The first-order valence-electron chi connectivity index (χ1n) is 6.49. The van der Waals surface area contributed by atoms with E-state index in [4.69, 9.17) is 10.2 Å². The van der Waals surface area contributed by atoms with E-state index in [9.17, 15) is 4.79 Å². The van der Waals surface area contributed by atoms with E-state index >= 15 is 0 Å². The Hall–Kier alpha value is -1.59. The van der Waals surface area contributed by atoms with Gasteiger partial charge in [0.05, 0.1) is 13.2 Å². The van der Waals surface area contributed by atoms with Gasteiger partial charge in [-0.25, -0.2) is 4.79 Å². The van der Waals surface area contributed by atoms with Gasteiger partial charge in [-0.2, -0.15) is 0 Å². The van der Waals surface area contributed by atoms with Crippen molar-refractivity contribution in [3.05, 3.63) is 29.3 Å². The summed E-state index contributed by atoms with van der Waals surface area (Å²) >= 11 is 0. The van der Waals surface area contributed by atoms with Gasteiger partial charge in [0.1, 0.15) is 0 Å². The van der Waals surface area contributed by atoms with Crippen LogP contribution in [-0.2, 0) is 6.42 Å². The summed E-state index contributed by atoms with van der Waals surface area (Å²) in [6.07, 6.45) is 0.909. The Kier molecular flexibility index (Phi) is 6.32. The lowest BCUT2D eigenvalue weighted by atomic mass is 10.1. The number of aryl methyl sites for hydroxylation is 2. The topological polar surface area (TPSA) is 72.8 Å². The van der Waals surface area contributed by atoms with Crippen LogP contribution in [0.5, 0.6) is 0 Å². The van der Waals surface area contributed by atoms with Crippen LogP contribution in [0.15, 0.2) is 18.2 Å². The molecule has 0 radical (unpaired) electrons. The number of nitrogens with zero attached hydrogens (tertiary/aromatic N) is 1. The number of carbonyl (C=O) groups is 1. The molecule has 1 aromatic carbocycles. The molecular weight excluding hydrogens is 244 g/mol. The zero-order valence-electron chi connectivity index (χ0n) is 11.5. The average molecular weight is 266 g/mol. The van der Waals surface area contributed by atoms with Crippen LogP contribution < -0.4 is 5.32 Å². The predicted octanol–water partition coefficient (Wildman–Crippen LogP) is 1.38. The van der Waals surface area contributed by atoms with Gasteiger partial charge >= 0.3 is 6.03 Å². The molecular formula is C14H22N2O3. The van der Waals surface area contributed by atoms with Crippen molar-refractivity contribution >= 4 is 11.7 Å². The van der Waals surface area contributed by atoms with Gasteiger partial charge in [0.2, 0.25) is 0 Å². The summed E-state index contributed by atoms with van der Waals surface area (Å²) in [5.41, 5.74) is 3.12. The third kappa shape index (κ3) is 4.54. The highest BCUT2D eigenvalue weighted by Gasteiger charge is 2.12. The molecule has 0 saturated carbocycles. The summed E-state index contributed by atoms with van der Waals surface area (Å²) in [6, 6.07) is 5.46. The van der Waals surface area contributed by atoms with Gasteiger partial charge in [0.15, 0.2) is 0 Å². The van der Waals surface area contributed by atoms with Crippen molar-refractivity contribution in [2.75, 3.05) is 31.6 Å². The minimum absolute atomic E-state index is 0.123. The van der Waals surface area contributed by atoms with Gasteiger partial charge in [0, 0.05) is 18.8 Å². The minimum Gasteiger partial charge on any atom is -0.395 e. The van der Waals surface area contributed by atoms with Gasteiger partial charge in [-0.1, -0.05) is 13.0 Å². The zero-order valence-corrected chi connectivity index (χ0v) is 11.5. The fraction of sp³-hybridized carbons (Fsp3) is 0.500. The lowest BCUT2D eigenvalue weighted by Gasteiger charge is -2.21.